The molecule has 0 saturated heterocycles. The number of nitrogens with zero attached hydrogens (tertiary/aromatic N) is 2. The zero-order valence-electron chi connectivity index (χ0n) is 18.5. The Kier molecular flexibility index (Phi) is 7.58. The fourth-order valence-electron chi connectivity index (χ4n) is 3.59. The second-order valence-corrected chi connectivity index (χ2v) is 8.58. The van der Waals surface area contributed by atoms with Gasteiger partial charge in [-0.25, -0.2) is 4.98 Å². The molecule has 1 N–H and O–H groups in total. The van der Waals surface area contributed by atoms with Crippen LogP contribution >= 0.6 is 15.9 Å². The second kappa shape index (κ2) is 11.0. The molecule has 0 fully saturated rings. The summed E-state index contributed by atoms with van der Waals surface area (Å²) in [6.07, 6.45) is 3.99. The minimum atomic E-state index is -0.129. The number of nitrogens with one attached hydrogen (secondary N) is 1. The fourth-order valence-corrected chi connectivity index (χ4v) is 4.00. The number of rotatable bonds is 9. The number of carbonyl (C=O) groups excluding carboxylic acids is 1. The molecule has 0 aliphatic heterocycles. The third kappa shape index (κ3) is 6.11. The zero-order chi connectivity index (χ0) is 23.0. The highest BCUT2D eigenvalue weighted by Gasteiger charge is 2.11. The number of halogens is 1. The summed E-state index contributed by atoms with van der Waals surface area (Å²) in [5.41, 5.74) is 4.18. The van der Waals surface area contributed by atoms with E-state index in [1.807, 2.05) is 66.7 Å². The number of fused-ring (bicyclic) bond motifs is 1. The molecule has 1 aromatic heterocycles. The minimum absolute atomic E-state index is 0.129. The van der Waals surface area contributed by atoms with Crippen LogP contribution in [0.25, 0.3) is 17.1 Å². The van der Waals surface area contributed by atoms with Gasteiger partial charge in [0.15, 0.2) is 0 Å². The quantitative estimate of drug-likeness (QED) is 0.304. The van der Waals surface area contributed by atoms with Gasteiger partial charge in [-0.1, -0.05) is 64.0 Å². The molecule has 0 spiro atoms. The summed E-state index contributed by atoms with van der Waals surface area (Å²) in [7, 11) is 0. The Morgan fingerprint density at radius 2 is 1.82 bits per heavy atom. The first-order valence-electron chi connectivity index (χ1n) is 10.9. The van der Waals surface area contributed by atoms with Crippen LogP contribution in [0, 0.1) is 6.92 Å². The molecule has 168 valence electrons. The predicted molar refractivity (Wildman–Crippen MR) is 136 cm³/mol. The van der Waals surface area contributed by atoms with Crippen LogP contribution < -0.4 is 10.1 Å². The highest BCUT2D eigenvalue weighted by Crippen LogP contribution is 2.18. The third-order valence-electron chi connectivity index (χ3n) is 5.31. The lowest BCUT2D eigenvalue weighted by Crippen LogP contribution is -2.25. The zero-order valence-corrected chi connectivity index (χ0v) is 20.1. The molecule has 4 aromatic rings. The van der Waals surface area contributed by atoms with Gasteiger partial charge in [-0.2, -0.15) is 0 Å². The largest absolute Gasteiger partial charge is 0.492 e. The number of imidazole rings is 1. The number of hydrogen-bond donors (Lipinski definition) is 1. The number of aromatic nitrogens is 2. The molecule has 33 heavy (non-hydrogen) atoms. The molecule has 0 atom stereocenters. The number of hydrogen-bond acceptors (Lipinski definition) is 3. The maximum absolute atomic E-state index is 12.3. The molecule has 0 saturated carbocycles. The van der Waals surface area contributed by atoms with Crippen molar-refractivity contribution in [1.29, 1.82) is 0 Å². The van der Waals surface area contributed by atoms with Gasteiger partial charge in [0.1, 0.15) is 18.2 Å². The molecular weight excluding hydrogens is 478 g/mol. The van der Waals surface area contributed by atoms with Crippen LogP contribution in [0.15, 0.2) is 83.3 Å². The minimum Gasteiger partial charge on any atom is -0.492 e. The van der Waals surface area contributed by atoms with Gasteiger partial charge in [0.05, 0.1) is 17.6 Å². The van der Waals surface area contributed by atoms with Crippen molar-refractivity contribution >= 4 is 38.9 Å². The van der Waals surface area contributed by atoms with Crippen LogP contribution in [0.5, 0.6) is 5.75 Å². The molecule has 0 aliphatic carbocycles. The second-order valence-electron chi connectivity index (χ2n) is 7.73. The Morgan fingerprint density at radius 3 is 2.64 bits per heavy atom. The van der Waals surface area contributed by atoms with Crippen molar-refractivity contribution in [2.45, 2.75) is 19.9 Å². The molecule has 1 heterocycles. The van der Waals surface area contributed by atoms with E-state index >= 15 is 0 Å². The number of aryl methyl sites for hydroxylation is 1. The van der Waals surface area contributed by atoms with Crippen LogP contribution in [0.1, 0.15) is 17.0 Å². The first-order valence-corrected chi connectivity index (χ1v) is 11.7. The Hall–Kier alpha value is -3.38. The van der Waals surface area contributed by atoms with Gasteiger partial charge in [0.2, 0.25) is 5.91 Å². The van der Waals surface area contributed by atoms with Crippen molar-refractivity contribution in [3.8, 4) is 5.75 Å². The van der Waals surface area contributed by atoms with Crippen LogP contribution in [0.4, 0.5) is 0 Å². The number of ether oxygens (including phenoxy) is 1. The van der Waals surface area contributed by atoms with E-state index in [1.54, 1.807) is 12.2 Å². The van der Waals surface area contributed by atoms with Gasteiger partial charge >= 0.3 is 0 Å². The van der Waals surface area contributed by atoms with Crippen molar-refractivity contribution in [2.24, 2.45) is 0 Å². The highest BCUT2D eigenvalue weighted by molar-refractivity contribution is 9.10. The highest BCUT2D eigenvalue weighted by atomic mass is 79.9. The Balaban J connectivity index is 1.37. The predicted octanol–water partition coefficient (Wildman–Crippen LogP) is 5.56. The van der Waals surface area contributed by atoms with Gasteiger partial charge in [0.25, 0.3) is 0 Å². The summed E-state index contributed by atoms with van der Waals surface area (Å²) in [5, 5.41) is 2.95. The van der Waals surface area contributed by atoms with Crippen molar-refractivity contribution in [3.63, 3.8) is 0 Å². The molecule has 0 aliphatic rings. The molecule has 4 rings (SSSR count). The lowest BCUT2D eigenvalue weighted by molar-refractivity contribution is -0.116. The molecule has 0 bridgehead atoms. The summed E-state index contributed by atoms with van der Waals surface area (Å²) < 4.78 is 9.06. The van der Waals surface area contributed by atoms with E-state index in [4.69, 9.17) is 9.72 Å². The summed E-state index contributed by atoms with van der Waals surface area (Å²) in [6.45, 7) is 3.78. The molecule has 1 amide bonds. The van der Waals surface area contributed by atoms with E-state index in [0.717, 1.165) is 32.6 Å². The Morgan fingerprint density at radius 1 is 1.06 bits per heavy atom. The number of para-hydroxylation sites is 2. The SMILES string of the molecule is Cc1ccc(OCCn2c(CCNC(=O)/C=C/c3ccccc3Br)nc3ccccc32)cc1. The molecule has 6 heteroatoms. The van der Waals surface area contributed by atoms with Crippen molar-refractivity contribution < 1.29 is 9.53 Å². The topological polar surface area (TPSA) is 56.1 Å². The molecular formula is C27H26BrN3O2. The van der Waals surface area contributed by atoms with E-state index in [9.17, 15) is 4.79 Å². The molecule has 0 unspecified atom stereocenters. The first-order chi connectivity index (χ1) is 16.1. The van der Waals surface area contributed by atoms with Crippen molar-refractivity contribution in [2.75, 3.05) is 13.2 Å². The number of benzene rings is 3. The van der Waals surface area contributed by atoms with Gasteiger partial charge < -0.3 is 14.6 Å². The molecule has 3 aromatic carbocycles. The van der Waals surface area contributed by atoms with E-state index in [1.165, 1.54) is 5.56 Å². The normalized spacial score (nSPS) is 11.2. The van der Waals surface area contributed by atoms with E-state index < -0.39 is 0 Å². The van der Waals surface area contributed by atoms with Gasteiger partial charge in [-0.05, 0) is 48.9 Å². The monoisotopic (exact) mass is 503 g/mol. The Labute approximate surface area is 202 Å². The standard InChI is InChI=1S/C27H26BrN3O2/c1-20-10-13-22(14-11-20)33-19-18-31-25-9-5-4-8-24(25)30-26(31)16-17-29-27(32)15-12-21-6-2-3-7-23(21)28/h2-15H,16-19H2,1H3,(H,29,32)/b15-12+. The molecule has 0 radical (unpaired) electrons. The number of amides is 1. The van der Waals surface area contributed by atoms with Crippen LogP contribution in [-0.4, -0.2) is 28.6 Å². The molecule has 5 nitrogen and oxygen atoms in total. The maximum atomic E-state index is 12.3. The van der Waals surface area contributed by atoms with E-state index in [-0.39, 0.29) is 5.91 Å². The average molecular weight is 504 g/mol. The van der Waals surface area contributed by atoms with Crippen molar-refractivity contribution in [3.05, 3.63) is 100 Å². The lowest BCUT2D eigenvalue weighted by Gasteiger charge is -2.11. The number of carbonyl (C=O) groups is 1. The van der Waals surface area contributed by atoms with E-state index in [0.29, 0.717) is 26.1 Å². The van der Waals surface area contributed by atoms with Crippen molar-refractivity contribution in [1.82, 2.24) is 14.9 Å². The fraction of sp³-hybridized carbons (Fsp3) is 0.185. The lowest BCUT2D eigenvalue weighted by atomic mass is 10.2. The first kappa shape index (κ1) is 22.8. The summed E-state index contributed by atoms with van der Waals surface area (Å²) in [4.78, 5) is 17.1. The van der Waals surface area contributed by atoms with Crippen LogP contribution in [0.3, 0.4) is 0 Å². The van der Waals surface area contributed by atoms with Crippen LogP contribution in [-0.2, 0) is 17.8 Å². The van der Waals surface area contributed by atoms with Gasteiger partial charge in [-0.3, -0.25) is 4.79 Å². The van der Waals surface area contributed by atoms with E-state index in [2.05, 4.69) is 38.8 Å². The van der Waals surface area contributed by atoms with Gasteiger partial charge in [-0.15, -0.1) is 0 Å². The summed E-state index contributed by atoms with van der Waals surface area (Å²) in [5.74, 6) is 1.66. The van der Waals surface area contributed by atoms with Gasteiger partial charge in [0, 0.05) is 23.5 Å². The van der Waals surface area contributed by atoms with Crippen LogP contribution in [0.2, 0.25) is 0 Å². The third-order valence-corrected chi connectivity index (χ3v) is 6.03. The summed E-state index contributed by atoms with van der Waals surface area (Å²) in [6, 6.07) is 23.9. The average Bonchev–Trinajstić information content (AvgIpc) is 3.17. The maximum Gasteiger partial charge on any atom is 0.244 e. The smallest absolute Gasteiger partial charge is 0.244 e. The Bertz CT molecular complexity index is 1260. The summed E-state index contributed by atoms with van der Waals surface area (Å²) >= 11 is 3.49.